The third kappa shape index (κ3) is 3.61. The van der Waals surface area contributed by atoms with Crippen molar-refractivity contribution >= 4 is 60.2 Å². The summed E-state index contributed by atoms with van der Waals surface area (Å²) in [6.07, 6.45) is 1.93. The summed E-state index contributed by atoms with van der Waals surface area (Å²) in [5.41, 5.74) is 11.1. The van der Waals surface area contributed by atoms with Crippen molar-refractivity contribution in [2.75, 3.05) is 0 Å². The molecule has 0 spiro atoms. The predicted octanol–water partition coefficient (Wildman–Crippen LogP) is 10.6. The van der Waals surface area contributed by atoms with E-state index in [1.54, 1.807) is 0 Å². The Bertz CT molecular complexity index is 2810. The van der Waals surface area contributed by atoms with Gasteiger partial charge in [-0.3, -0.25) is 8.97 Å². The molecule has 214 valence electrons. The summed E-state index contributed by atoms with van der Waals surface area (Å²) in [7, 11) is 0. The van der Waals surface area contributed by atoms with Gasteiger partial charge in [0.1, 0.15) is 11.5 Å². The Morgan fingerprint density at radius 2 is 1.04 bits per heavy atom. The molecule has 0 atom stereocenters. The molecule has 10 aromatic rings. The van der Waals surface area contributed by atoms with Crippen LogP contribution < -0.4 is 0 Å². The van der Waals surface area contributed by atoms with E-state index in [4.69, 9.17) is 9.97 Å². The van der Waals surface area contributed by atoms with Crippen LogP contribution in [0.25, 0.3) is 88.2 Å². The quantitative estimate of drug-likeness (QED) is 0.193. The van der Waals surface area contributed by atoms with Gasteiger partial charge in [-0.1, -0.05) is 103 Å². The van der Waals surface area contributed by atoms with E-state index in [0.717, 1.165) is 55.6 Å². The van der Waals surface area contributed by atoms with Crippen molar-refractivity contribution in [2.24, 2.45) is 0 Å². The number of benzene rings is 6. The van der Waals surface area contributed by atoms with Crippen LogP contribution >= 0.6 is 0 Å². The zero-order valence-electron chi connectivity index (χ0n) is 24.8. The normalized spacial score (nSPS) is 11.9. The van der Waals surface area contributed by atoms with Crippen molar-refractivity contribution in [1.29, 1.82) is 0 Å². The minimum absolute atomic E-state index is 0.890. The lowest BCUT2D eigenvalue weighted by Crippen LogP contribution is -1.98. The minimum atomic E-state index is 0.890. The largest absolute Gasteiger partial charge is 0.294 e. The van der Waals surface area contributed by atoms with Gasteiger partial charge in [-0.2, -0.15) is 0 Å². The van der Waals surface area contributed by atoms with E-state index >= 15 is 0 Å². The summed E-state index contributed by atoms with van der Waals surface area (Å²) >= 11 is 0. The summed E-state index contributed by atoms with van der Waals surface area (Å²) in [5.74, 6) is 0.890. The van der Waals surface area contributed by atoms with Crippen LogP contribution in [-0.4, -0.2) is 18.9 Å². The topological polar surface area (TPSA) is 35.1 Å². The number of aromatic nitrogens is 4. The molecule has 0 radical (unpaired) electrons. The molecule has 0 saturated heterocycles. The zero-order chi connectivity index (χ0) is 30.2. The lowest BCUT2D eigenvalue weighted by atomic mass is 9.99. The van der Waals surface area contributed by atoms with E-state index in [1.807, 2.05) is 6.20 Å². The average molecular weight is 587 g/mol. The van der Waals surface area contributed by atoms with Crippen molar-refractivity contribution in [3.8, 4) is 28.1 Å². The Balaban J connectivity index is 1.27. The van der Waals surface area contributed by atoms with E-state index in [9.17, 15) is 0 Å². The molecule has 0 amide bonds. The molecule has 0 N–H and O–H groups in total. The summed E-state index contributed by atoms with van der Waals surface area (Å²) in [6.45, 7) is 0. The maximum absolute atomic E-state index is 5.11. The van der Waals surface area contributed by atoms with Gasteiger partial charge in [0.15, 0.2) is 0 Å². The molecule has 4 heteroatoms. The van der Waals surface area contributed by atoms with Gasteiger partial charge in [0.25, 0.3) is 0 Å². The second-order valence-corrected chi connectivity index (χ2v) is 11.9. The lowest BCUT2D eigenvalue weighted by Gasteiger charge is -2.12. The van der Waals surface area contributed by atoms with Crippen molar-refractivity contribution in [3.63, 3.8) is 0 Å². The van der Waals surface area contributed by atoms with E-state index < -0.39 is 0 Å². The summed E-state index contributed by atoms with van der Waals surface area (Å²) < 4.78 is 4.64. The van der Waals surface area contributed by atoms with Crippen LogP contribution in [0.5, 0.6) is 0 Å². The Morgan fingerprint density at radius 1 is 0.391 bits per heavy atom. The van der Waals surface area contributed by atoms with Crippen LogP contribution in [0.3, 0.4) is 0 Å². The molecule has 0 fully saturated rings. The van der Waals surface area contributed by atoms with Crippen LogP contribution in [0.1, 0.15) is 0 Å². The molecule has 46 heavy (non-hydrogen) atoms. The van der Waals surface area contributed by atoms with Crippen LogP contribution in [0.2, 0.25) is 0 Å². The summed E-state index contributed by atoms with van der Waals surface area (Å²) in [5, 5.41) is 5.98. The SMILES string of the molecule is c1ccc(-c2cccc(-c3ccnc(-n4c5ccccc5c5cc6c7ccccc7c7nc8ccccc8n7c6cc54)c3)c2)cc1. The second kappa shape index (κ2) is 9.62. The first-order chi connectivity index (χ1) is 22.8. The molecule has 10 rings (SSSR count). The molecule has 4 nitrogen and oxygen atoms in total. The number of fused-ring (bicyclic) bond motifs is 11. The smallest absolute Gasteiger partial charge is 0.146 e. The molecule has 4 heterocycles. The molecule has 0 aliphatic carbocycles. The molecule has 0 aliphatic heterocycles. The second-order valence-electron chi connectivity index (χ2n) is 11.9. The Hall–Kier alpha value is -6.26. The third-order valence-corrected chi connectivity index (χ3v) is 9.33. The number of hydrogen-bond acceptors (Lipinski definition) is 2. The number of nitrogens with zero attached hydrogens (tertiary/aromatic N) is 4. The van der Waals surface area contributed by atoms with Crippen LogP contribution in [0.4, 0.5) is 0 Å². The molecule has 0 unspecified atom stereocenters. The fourth-order valence-corrected chi connectivity index (χ4v) is 7.24. The Kier molecular flexibility index (Phi) is 5.25. The first-order valence-corrected chi connectivity index (χ1v) is 15.6. The standard InChI is InChI=1S/C42H26N4/c1-2-11-27(12-3-1)28-13-10-14-29(23-28)30-21-22-43-41(24-30)45-37-19-8-6-16-32(37)35-25-34-31-15-4-5-17-33(31)42-44-36-18-7-9-20-38(36)46(42)40(34)26-39(35)45/h1-26H. The monoisotopic (exact) mass is 586 g/mol. The number of para-hydroxylation sites is 3. The highest BCUT2D eigenvalue weighted by Gasteiger charge is 2.19. The van der Waals surface area contributed by atoms with Gasteiger partial charge < -0.3 is 0 Å². The van der Waals surface area contributed by atoms with Gasteiger partial charge in [-0.05, 0) is 76.2 Å². The van der Waals surface area contributed by atoms with Crippen LogP contribution in [0, 0.1) is 0 Å². The molecule has 0 saturated carbocycles. The fourth-order valence-electron chi connectivity index (χ4n) is 7.24. The highest BCUT2D eigenvalue weighted by Crippen LogP contribution is 2.39. The van der Waals surface area contributed by atoms with Crippen molar-refractivity contribution in [3.05, 3.63) is 158 Å². The molecular formula is C42H26N4. The van der Waals surface area contributed by atoms with Gasteiger partial charge in [-0.15, -0.1) is 0 Å². The van der Waals surface area contributed by atoms with Crippen molar-refractivity contribution in [1.82, 2.24) is 18.9 Å². The van der Waals surface area contributed by atoms with E-state index in [0.29, 0.717) is 0 Å². The third-order valence-electron chi connectivity index (χ3n) is 9.33. The van der Waals surface area contributed by atoms with Crippen LogP contribution in [-0.2, 0) is 0 Å². The van der Waals surface area contributed by atoms with Gasteiger partial charge >= 0.3 is 0 Å². The van der Waals surface area contributed by atoms with Crippen LogP contribution in [0.15, 0.2) is 158 Å². The first kappa shape index (κ1) is 25.1. The number of imidazole rings is 1. The zero-order valence-corrected chi connectivity index (χ0v) is 24.8. The Morgan fingerprint density at radius 3 is 1.91 bits per heavy atom. The summed E-state index contributed by atoms with van der Waals surface area (Å²) in [6, 6.07) is 54.0. The van der Waals surface area contributed by atoms with Gasteiger partial charge in [0.05, 0.1) is 27.6 Å². The average Bonchev–Trinajstić information content (AvgIpc) is 3.68. The maximum Gasteiger partial charge on any atom is 0.146 e. The van der Waals surface area contributed by atoms with Gasteiger partial charge in [-0.25, -0.2) is 9.97 Å². The number of hydrogen-bond donors (Lipinski definition) is 0. The highest BCUT2D eigenvalue weighted by atomic mass is 15.1. The molecule has 0 bridgehead atoms. The van der Waals surface area contributed by atoms with E-state index in [1.165, 1.54) is 32.7 Å². The van der Waals surface area contributed by atoms with E-state index in [-0.39, 0.29) is 0 Å². The predicted molar refractivity (Wildman–Crippen MR) is 191 cm³/mol. The first-order valence-electron chi connectivity index (χ1n) is 15.6. The van der Waals surface area contributed by atoms with Crippen molar-refractivity contribution < 1.29 is 0 Å². The van der Waals surface area contributed by atoms with Gasteiger partial charge in [0, 0.05) is 27.7 Å². The molecule has 4 aromatic heterocycles. The highest BCUT2D eigenvalue weighted by molar-refractivity contribution is 6.20. The van der Waals surface area contributed by atoms with E-state index in [2.05, 4.69) is 161 Å². The molecular weight excluding hydrogens is 560 g/mol. The number of rotatable bonds is 3. The molecule has 0 aliphatic rings. The Labute approximate surface area is 264 Å². The summed E-state index contributed by atoms with van der Waals surface area (Å²) in [4.78, 5) is 10.1. The van der Waals surface area contributed by atoms with Crippen molar-refractivity contribution in [2.45, 2.75) is 0 Å². The fraction of sp³-hybridized carbons (Fsp3) is 0. The number of pyridine rings is 2. The lowest BCUT2D eigenvalue weighted by molar-refractivity contribution is 1.08. The van der Waals surface area contributed by atoms with Gasteiger partial charge in [0.2, 0.25) is 0 Å². The minimum Gasteiger partial charge on any atom is -0.294 e. The maximum atomic E-state index is 5.11. The molecule has 6 aromatic carbocycles.